The first-order valence-electron chi connectivity index (χ1n) is 10.8. The fraction of sp³-hybridized carbons (Fsp3) is 0.435. The van der Waals surface area contributed by atoms with Gasteiger partial charge < -0.3 is 10.6 Å². The number of amides is 1. The molecule has 2 N–H and O–H groups in total. The van der Waals surface area contributed by atoms with Crippen LogP contribution in [0.2, 0.25) is 0 Å². The third kappa shape index (κ3) is 4.68. The maximum atomic E-state index is 13.0. The number of hydrogen-bond acceptors (Lipinski definition) is 4. The Hall–Kier alpha value is -2.38. The summed E-state index contributed by atoms with van der Waals surface area (Å²) in [7, 11) is -3.68. The van der Waals surface area contributed by atoms with Crippen LogP contribution in [0.25, 0.3) is 0 Å². The Labute approximate surface area is 178 Å². The van der Waals surface area contributed by atoms with Gasteiger partial charge in [0.05, 0.1) is 4.90 Å². The minimum atomic E-state index is -3.68. The summed E-state index contributed by atoms with van der Waals surface area (Å²) in [5.41, 5.74) is 1.71. The van der Waals surface area contributed by atoms with Crippen molar-refractivity contribution in [2.75, 3.05) is 23.7 Å². The number of nitrogens with zero attached hydrogens (tertiary/aromatic N) is 1. The number of anilines is 2. The molecule has 2 aromatic rings. The molecule has 1 atom stereocenters. The molecule has 7 heteroatoms. The van der Waals surface area contributed by atoms with Gasteiger partial charge in [0.15, 0.2) is 0 Å². The van der Waals surface area contributed by atoms with E-state index in [9.17, 15) is 13.2 Å². The van der Waals surface area contributed by atoms with Gasteiger partial charge in [-0.2, -0.15) is 4.31 Å². The Morgan fingerprint density at radius 2 is 1.57 bits per heavy atom. The van der Waals surface area contributed by atoms with E-state index in [1.54, 1.807) is 30.3 Å². The van der Waals surface area contributed by atoms with Crippen LogP contribution in [0.1, 0.15) is 38.5 Å². The van der Waals surface area contributed by atoms with Crippen LogP contribution in [-0.4, -0.2) is 37.8 Å². The summed E-state index contributed by atoms with van der Waals surface area (Å²) in [5, 5.41) is 6.36. The van der Waals surface area contributed by atoms with Crippen LogP contribution >= 0.6 is 0 Å². The van der Waals surface area contributed by atoms with E-state index in [0.29, 0.717) is 25.1 Å². The molecular formula is C23H29N3O3S. The van der Waals surface area contributed by atoms with E-state index in [2.05, 4.69) is 10.6 Å². The van der Waals surface area contributed by atoms with Crippen LogP contribution in [0, 0.1) is 5.92 Å². The molecule has 1 saturated heterocycles. The molecule has 6 nitrogen and oxygen atoms in total. The zero-order chi connectivity index (χ0) is 21.0. The summed E-state index contributed by atoms with van der Waals surface area (Å²) < 4.78 is 27.3. The summed E-state index contributed by atoms with van der Waals surface area (Å²) in [6.45, 7) is 1.35. The minimum Gasteiger partial charge on any atom is -0.385 e. The van der Waals surface area contributed by atoms with Crippen LogP contribution in [0.3, 0.4) is 0 Å². The number of hydrogen-bond donors (Lipinski definition) is 2. The molecule has 1 saturated carbocycles. The lowest BCUT2D eigenvalue weighted by atomic mass is 10.1. The second-order valence-corrected chi connectivity index (χ2v) is 10.1. The lowest BCUT2D eigenvalue weighted by Crippen LogP contribution is -2.43. The molecule has 1 aliphatic heterocycles. The molecule has 1 unspecified atom stereocenters. The lowest BCUT2D eigenvalue weighted by molar-refractivity contribution is -0.119. The number of carbonyl (C=O) groups excluding carboxylic acids is 1. The molecule has 4 rings (SSSR count). The largest absolute Gasteiger partial charge is 0.385 e. The van der Waals surface area contributed by atoms with E-state index in [1.807, 2.05) is 24.3 Å². The van der Waals surface area contributed by atoms with Gasteiger partial charge in [-0.3, -0.25) is 4.79 Å². The molecule has 0 aromatic heterocycles. The molecule has 30 heavy (non-hydrogen) atoms. The van der Waals surface area contributed by atoms with Crippen molar-refractivity contribution in [1.82, 2.24) is 4.31 Å². The molecule has 160 valence electrons. The quantitative estimate of drug-likeness (QED) is 0.698. The highest BCUT2D eigenvalue weighted by Gasteiger charge is 2.39. The van der Waals surface area contributed by atoms with Gasteiger partial charge in [-0.05, 0) is 68.0 Å². The van der Waals surface area contributed by atoms with E-state index in [4.69, 9.17) is 0 Å². The van der Waals surface area contributed by atoms with Crippen molar-refractivity contribution in [2.24, 2.45) is 5.92 Å². The third-order valence-electron chi connectivity index (χ3n) is 6.08. The fourth-order valence-corrected chi connectivity index (χ4v) is 6.07. The van der Waals surface area contributed by atoms with Gasteiger partial charge >= 0.3 is 0 Å². The van der Waals surface area contributed by atoms with Gasteiger partial charge in [-0.15, -0.1) is 0 Å². The van der Waals surface area contributed by atoms with Crippen molar-refractivity contribution in [3.63, 3.8) is 0 Å². The zero-order valence-electron chi connectivity index (χ0n) is 17.1. The van der Waals surface area contributed by atoms with Crippen molar-refractivity contribution < 1.29 is 13.2 Å². The standard InChI is InChI=1S/C23H29N3O3S/c27-23(22-11-6-16-26(22)30(28,29)21-9-2-1-3-10-21)25-20-14-12-19(13-15-20)24-17-18-7-4-5-8-18/h1-3,9-10,12-15,18,22,24H,4-8,11,16-17H2,(H,25,27). The van der Waals surface area contributed by atoms with Crippen molar-refractivity contribution >= 4 is 27.3 Å². The average Bonchev–Trinajstić information content (AvgIpc) is 3.46. The topological polar surface area (TPSA) is 78.5 Å². The first-order valence-corrected chi connectivity index (χ1v) is 12.2. The number of benzene rings is 2. The first-order chi connectivity index (χ1) is 14.5. The summed E-state index contributed by atoms with van der Waals surface area (Å²) in [6, 6.07) is 15.3. The molecule has 0 bridgehead atoms. The van der Waals surface area contributed by atoms with Gasteiger partial charge in [0.2, 0.25) is 15.9 Å². The Kier molecular flexibility index (Phi) is 6.39. The van der Waals surface area contributed by atoms with Crippen LogP contribution in [0.4, 0.5) is 11.4 Å². The smallest absolute Gasteiger partial charge is 0.243 e. The second kappa shape index (κ2) is 9.18. The maximum Gasteiger partial charge on any atom is 0.243 e. The third-order valence-corrected chi connectivity index (χ3v) is 8.00. The molecule has 0 spiro atoms. The van der Waals surface area contributed by atoms with Gasteiger partial charge in [-0.1, -0.05) is 31.0 Å². The predicted octanol–water partition coefficient (Wildman–Crippen LogP) is 4.08. The van der Waals surface area contributed by atoms with Crippen molar-refractivity contribution in [1.29, 1.82) is 0 Å². The molecule has 2 aromatic carbocycles. The normalized spacial score (nSPS) is 20.3. The molecule has 2 fully saturated rings. The Morgan fingerprint density at radius 3 is 2.27 bits per heavy atom. The summed E-state index contributed by atoms with van der Waals surface area (Å²) in [5.74, 6) is 0.475. The maximum absolute atomic E-state index is 13.0. The molecule has 1 heterocycles. The van der Waals surface area contributed by atoms with Crippen molar-refractivity contribution in [3.8, 4) is 0 Å². The van der Waals surface area contributed by atoms with Gasteiger partial charge in [0.1, 0.15) is 6.04 Å². The van der Waals surface area contributed by atoms with Gasteiger partial charge in [0, 0.05) is 24.5 Å². The highest BCUT2D eigenvalue weighted by atomic mass is 32.2. The summed E-state index contributed by atoms with van der Waals surface area (Å²) in [6.07, 6.45) is 6.45. The lowest BCUT2D eigenvalue weighted by Gasteiger charge is -2.23. The predicted molar refractivity (Wildman–Crippen MR) is 119 cm³/mol. The van der Waals surface area contributed by atoms with Gasteiger partial charge in [-0.25, -0.2) is 8.42 Å². The van der Waals surface area contributed by atoms with E-state index in [-0.39, 0.29) is 10.8 Å². The van der Waals surface area contributed by atoms with Gasteiger partial charge in [0.25, 0.3) is 0 Å². The Balaban J connectivity index is 1.38. The summed E-state index contributed by atoms with van der Waals surface area (Å²) in [4.78, 5) is 13.1. The molecule has 1 aliphatic carbocycles. The highest BCUT2D eigenvalue weighted by Crippen LogP contribution is 2.28. The minimum absolute atomic E-state index is 0.224. The van der Waals surface area contributed by atoms with Crippen molar-refractivity contribution in [3.05, 3.63) is 54.6 Å². The van der Waals surface area contributed by atoms with Crippen molar-refractivity contribution in [2.45, 2.75) is 49.5 Å². The molecule has 2 aliphatic rings. The highest BCUT2D eigenvalue weighted by molar-refractivity contribution is 7.89. The van der Waals surface area contributed by atoms with Crippen LogP contribution < -0.4 is 10.6 Å². The molecule has 1 amide bonds. The van der Waals surface area contributed by atoms with Crippen LogP contribution in [-0.2, 0) is 14.8 Å². The average molecular weight is 428 g/mol. The number of rotatable bonds is 7. The number of sulfonamides is 1. The molecular weight excluding hydrogens is 398 g/mol. The Bertz CT molecular complexity index is 955. The molecule has 0 radical (unpaired) electrons. The van der Waals surface area contributed by atoms with E-state index in [1.165, 1.54) is 30.0 Å². The van der Waals surface area contributed by atoms with E-state index < -0.39 is 16.1 Å². The fourth-order valence-electron chi connectivity index (χ4n) is 4.39. The SMILES string of the molecule is O=C(Nc1ccc(NCC2CCCC2)cc1)C1CCCN1S(=O)(=O)c1ccccc1. The number of nitrogens with one attached hydrogen (secondary N) is 2. The van der Waals surface area contributed by atoms with Crippen LogP contribution in [0.15, 0.2) is 59.5 Å². The second-order valence-electron chi connectivity index (χ2n) is 8.18. The zero-order valence-corrected chi connectivity index (χ0v) is 17.9. The van der Waals surface area contributed by atoms with E-state index >= 15 is 0 Å². The first kappa shape index (κ1) is 20.9. The van der Waals surface area contributed by atoms with Crippen LogP contribution in [0.5, 0.6) is 0 Å². The monoisotopic (exact) mass is 427 g/mol. The number of carbonyl (C=O) groups is 1. The Morgan fingerprint density at radius 1 is 0.900 bits per heavy atom. The van der Waals surface area contributed by atoms with E-state index in [0.717, 1.165) is 18.2 Å². The summed E-state index contributed by atoms with van der Waals surface area (Å²) >= 11 is 0.